The molecular weight excluding hydrogens is 416 g/mol. The zero-order valence-corrected chi connectivity index (χ0v) is 18.8. The van der Waals surface area contributed by atoms with Crippen molar-refractivity contribution in [1.82, 2.24) is 0 Å². The van der Waals surface area contributed by atoms with Gasteiger partial charge in [0.05, 0.1) is 16.3 Å². The predicted octanol–water partition coefficient (Wildman–Crippen LogP) is 4.86. The number of anilines is 2. The van der Waals surface area contributed by atoms with Crippen LogP contribution < -0.4 is 9.62 Å². The first kappa shape index (κ1) is 21.9. The third-order valence-corrected chi connectivity index (χ3v) is 7.08. The highest BCUT2D eigenvalue weighted by Crippen LogP contribution is 2.27. The SMILES string of the molecule is CSc1ccccc1NC(=O)CN(c1cc(C)cc(C)c1)S(=O)(=O)c1ccccc1. The van der Waals surface area contributed by atoms with E-state index in [0.29, 0.717) is 11.4 Å². The lowest BCUT2D eigenvalue weighted by Gasteiger charge is -2.25. The van der Waals surface area contributed by atoms with E-state index in [9.17, 15) is 13.2 Å². The van der Waals surface area contributed by atoms with Gasteiger partial charge in [0.25, 0.3) is 10.0 Å². The Kier molecular flexibility index (Phi) is 6.84. The van der Waals surface area contributed by atoms with Gasteiger partial charge in [0.2, 0.25) is 5.91 Å². The molecule has 0 bridgehead atoms. The summed E-state index contributed by atoms with van der Waals surface area (Å²) in [4.78, 5) is 13.9. The Labute approximate surface area is 182 Å². The molecule has 0 spiro atoms. The van der Waals surface area contributed by atoms with E-state index >= 15 is 0 Å². The number of para-hydroxylation sites is 1. The molecule has 7 heteroatoms. The highest BCUT2D eigenvalue weighted by atomic mass is 32.2. The first-order chi connectivity index (χ1) is 14.3. The van der Waals surface area contributed by atoms with E-state index in [1.54, 1.807) is 36.4 Å². The number of hydrogen-bond donors (Lipinski definition) is 1. The Hall–Kier alpha value is -2.77. The standard InChI is InChI=1S/C23H24N2O3S2/c1-17-13-18(2)15-19(14-17)25(30(27,28)20-9-5-4-6-10-20)16-23(26)24-21-11-7-8-12-22(21)29-3/h4-15H,16H2,1-3H3,(H,24,26). The zero-order chi connectivity index (χ0) is 21.7. The summed E-state index contributed by atoms with van der Waals surface area (Å²) in [6, 6.07) is 21.1. The van der Waals surface area contributed by atoms with E-state index in [1.165, 1.54) is 28.2 Å². The molecule has 5 nitrogen and oxygen atoms in total. The molecule has 156 valence electrons. The Morgan fingerprint density at radius 1 is 0.933 bits per heavy atom. The average Bonchev–Trinajstić information content (AvgIpc) is 2.72. The second kappa shape index (κ2) is 9.36. The maximum absolute atomic E-state index is 13.4. The number of amides is 1. The maximum Gasteiger partial charge on any atom is 0.264 e. The summed E-state index contributed by atoms with van der Waals surface area (Å²) in [7, 11) is -3.92. The molecule has 1 N–H and O–H groups in total. The summed E-state index contributed by atoms with van der Waals surface area (Å²) in [5.41, 5.74) is 2.97. The molecule has 0 saturated heterocycles. The number of carbonyl (C=O) groups excluding carboxylic acids is 1. The van der Waals surface area contributed by atoms with Crippen molar-refractivity contribution in [2.24, 2.45) is 0 Å². The van der Waals surface area contributed by atoms with Crippen molar-refractivity contribution >= 4 is 39.1 Å². The normalized spacial score (nSPS) is 11.2. The van der Waals surface area contributed by atoms with E-state index in [2.05, 4.69) is 5.32 Å². The zero-order valence-electron chi connectivity index (χ0n) is 17.1. The number of thioether (sulfide) groups is 1. The van der Waals surface area contributed by atoms with Crippen LogP contribution in [-0.4, -0.2) is 27.1 Å². The number of carbonyl (C=O) groups is 1. The fourth-order valence-electron chi connectivity index (χ4n) is 3.20. The minimum Gasteiger partial charge on any atom is -0.323 e. The average molecular weight is 441 g/mol. The lowest BCUT2D eigenvalue weighted by Crippen LogP contribution is -2.38. The molecule has 30 heavy (non-hydrogen) atoms. The molecule has 0 radical (unpaired) electrons. The number of nitrogens with zero attached hydrogens (tertiary/aromatic N) is 1. The molecule has 1 amide bonds. The third kappa shape index (κ3) is 5.04. The van der Waals surface area contributed by atoms with Gasteiger partial charge in [0.1, 0.15) is 6.54 Å². The number of sulfonamides is 1. The van der Waals surface area contributed by atoms with Crippen molar-refractivity contribution in [3.05, 3.63) is 83.9 Å². The molecule has 3 aromatic carbocycles. The van der Waals surface area contributed by atoms with Crippen LogP contribution >= 0.6 is 11.8 Å². The predicted molar refractivity (Wildman–Crippen MR) is 124 cm³/mol. The molecule has 0 aliphatic heterocycles. The Balaban J connectivity index is 1.98. The number of benzene rings is 3. The number of hydrogen-bond acceptors (Lipinski definition) is 4. The number of aryl methyl sites for hydroxylation is 2. The smallest absolute Gasteiger partial charge is 0.264 e. The van der Waals surface area contributed by atoms with Gasteiger partial charge in [-0.2, -0.15) is 0 Å². The molecule has 0 heterocycles. The van der Waals surface area contributed by atoms with Gasteiger partial charge in [-0.3, -0.25) is 9.10 Å². The summed E-state index contributed by atoms with van der Waals surface area (Å²) in [5.74, 6) is -0.407. The van der Waals surface area contributed by atoms with Crippen LogP contribution in [0.15, 0.2) is 82.6 Å². The lowest BCUT2D eigenvalue weighted by atomic mass is 10.1. The Bertz CT molecular complexity index is 1130. The van der Waals surface area contributed by atoms with Crippen LogP contribution in [0.25, 0.3) is 0 Å². The molecule has 0 aliphatic rings. The number of nitrogens with one attached hydrogen (secondary N) is 1. The second-order valence-corrected chi connectivity index (χ2v) is 9.63. The van der Waals surface area contributed by atoms with Crippen molar-refractivity contribution < 1.29 is 13.2 Å². The quantitative estimate of drug-likeness (QED) is 0.533. The molecule has 0 unspecified atom stereocenters. The first-order valence-electron chi connectivity index (χ1n) is 9.40. The molecule has 0 aliphatic carbocycles. The summed E-state index contributed by atoms with van der Waals surface area (Å²) in [6.07, 6.45) is 1.92. The summed E-state index contributed by atoms with van der Waals surface area (Å²) < 4.78 is 28.0. The summed E-state index contributed by atoms with van der Waals surface area (Å²) in [6.45, 7) is 3.47. The van der Waals surface area contributed by atoms with E-state index < -0.39 is 15.9 Å². The van der Waals surface area contributed by atoms with Gasteiger partial charge in [0.15, 0.2) is 0 Å². The molecular formula is C23H24N2O3S2. The van der Waals surface area contributed by atoms with E-state index in [1.807, 2.05) is 44.4 Å². The van der Waals surface area contributed by atoms with Crippen molar-refractivity contribution in [1.29, 1.82) is 0 Å². The van der Waals surface area contributed by atoms with Crippen LogP contribution in [0.5, 0.6) is 0 Å². The van der Waals surface area contributed by atoms with Gasteiger partial charge in [0, 0.05) is 4.90 Å². The van der Waals surface area contributed by atoms with Crippen LogP contribution in [0.2, 0.25) is 0 Å². The topological polar surface area (TPSA) is 66.5 Å². The van der Waals surface area contributed by atoms with Crippen LogP contribution in [0.3, 0.4) is 0 Å². The highest BCUT2D eigenvalue weighted by Gasteiger charge is 2.27. The van der Waals surface area contributed by atoms with E-state index in [-0.39, 0.29) is 11.4 Å². The largest absolute Gasteiger partial charge is 0.323 e. The van der Waals surface area contributed by atoms with Crippen molar-refractivity contribution in [2.45, 2.75) is 23.6 Å². The van der Waals surface area contributed by atoms with Crippen LogP contribution in [0, 0.1) is 13.8 Å². The van der Waals surface area contributed by atoms with Gasteiger partial charge in [-0.1, -0.05) is 36.4 Å². The van der Waals surface area contributed by atoms with Gasteiger partial charge >= 0.3 is 0 Å². The lowest BCUT2D eigenvalue weighted by molar-refractivity contribution is -0.114. The molecule has 3 rings (SSSR count). The third-order valence-electron chi connectivity index (χ3n) is 4.49. The number of rotatable bonds is 7. The fourth-order valence-corrected chi connectivity index (χ4v) is 5.18. The van der Waals surface area contributed by atoms with Crippen molar-refractivity contribution in [3.8, 4) is 0 Å². The molecule has 0 atom stereocenters. The van der Waals surface area contributed by atoms with Crippen LogP contribution in [0.1, 0.15) is 11.1 Å². The van der Waals surface area contributed by atoms with Gasteiger partial charge in [-0.15, -0.1) is 11.8 Å². The van der Waals surface area contributed by atoms with Crippen LogP contribution in [-0.2, 0) is 14.8 Å². The maximum atomic E-state index is 13.4. The molecule has 0 saturated carbocycles. The Morgan fingerprint density at radius 2 is 1.53 bits per heavy atom. The second-order valence-electron chi connectivity index (χ2n) is 6.92. The highest BCUT2D eigenvalue weighted by molar-refractivity contribution is 7.98. The van der Waals surface area contributed by atoms with Gasteiger partial charge < -0.3 is 5.32 Å². The van der Waals surface area contributed by atoms with Crippen molar-refractivity contribution in [3.63, 3.8) is 0 Å². The molecule has 0 aromatic heterocycles. The van der Waals surface area contributed by atoms with Crippen molar-refractivity contribution in [2.75, 3.05) is 22.4 Å². The summed E-state index contributed by atoms with van der Waals surface area (Å²) >= 11 is 1.51. The summed E-state index contributed by atoms with van der Waals surface area (Å²) in [5, 5.41) is 2.85. The van der Waals surface area contributed by atoms with Gasteiger partial charge in [-0.05, 0) is 67.6 Å². The monoisotopic (exact) mass is 440 g/mol. The van der Waals surface area contributed by atoms with E-state index in [4.69, 9.17) is 0 Å². The first-order valence-corrected chi connectivity index (χ1v) is 12.1. The minimum absolute atomic E-state index is 0.140. The molecule has 0 fully saturated rings. The molecule has 3 aromatic rings. The van der Waals surface area contributed by atoms with Gasteiger partial charge in [-0.25, -0.2) is 8.42 Å². The minimum atomic E-state index is -3.92. The Morgan fingerprint density at radius 3 is 2.17 bits per heavy atom. The fraction of sp³-hybridized carbons (Fsp3) is 0.174. The van der Waals surface area contributed by atoms with Crippen LogP contribution in [0.4, 0.5) is 11.4 Å². The van der Waals surface area contributed by atoms with E-state index in [0.717, 1.165) is 16.0 Å².